The molecule has 2 heterocycles. The molecule has 0 aliphatic heterocycles. The highest BCUT2D eigenvalue weighted by molar-refractivity contribution is 7.10. The first-order valence-corrected chi connectivity index (χ1v) is 7.21. The van der Waals surface area contributed by atoms with Gasteiger partial charge in [0.15, 0.2) is 0 Å². The molecule has 6 heteroatoms. The largest absolute Gasteiger partial charge is 0.356 e. The summed E-state index contributed by atoms with van der Waals surface area (Å²) >= 11 is 7.34. The van der Waals surface area contributed by atoms with Crippen LogP contribution < -0.4 is 5.73 Å². The molecule has 0 bridgehead atoms. The van der Waals surface area contributed by atoms with Crippen molar-refractivity contribution in [2.75, 3.05) is 13.6 Å². The molecular formula is C14H14ClN3OS. The molecule has 0 spiro atoms. The number of hydrogen-bond donors (Lipinski definition) is 2. The van der Waals surface area contributed by atoms with Gasteiger partial charge in [0.2, 0.25) is 0 Å². The van der Waals surface area contributed by atoms with Crippen LogP contribution in [0, 0.1) is 11.8 Å². The smallest absolute Gasteiger partial charge is 0.270 e. The number of aromatic amines is 1. The van der Waals surface area contributed by atoms with E-state index in [0.29, 0.717) is 23.8 Å². The second kappa shape index (κ2) is 6.62. The van der Waals surface area contributed by atoms with E-state index in [1.54, 1.807) is 35.5 Å². The Bertz CT molecular complexity index is 665. The number of nitrogens with one attached hydrogen (secondary N) is 1. The minimum atomic E-state index is -0.0994. The summed E-state index contributed by atoms with van der Waals surface area (Å²) in [5, 5.41) is 2.52. The maximum Gasteiger partial charge on any atom is 0.270 e. The van der Waals surface area contributed by atoms with Gasteiger partial charge in [-0.1, -0.05) is 23.4 Å². The minimum absolute atomic E-state index is 0.0994. The van der Waals surface area contributed by atoms with Crippen LogP contribution in [0.4, 0.5) is 0 Å². The molecule has 0 aromatic carbocycles. The summed E-state index contributed by atoms with van der Waals surface area (Å²) in [6.45, 7) is 0.871. The van der Waals surface area contributed by atoms with Crippen LogP contribution in [-0.2, 0) is 6.54 Å². The molecule has 0 unspecified atom stereocenters. The van der Waals surface area contributed by atoms with Crippen LogP contribution in [0.2, 0.25) is 5.02 Å². The van der Waals surface area contributed by atoms with E-state index in [9.17, 15) is 4.79 Å². The Hall–Kier alpha value is -1.74. The third-order valence-corrected chi connectivity index (χ3v) is 3.72. The third-order valence-electron chi connectivity index (χ3n) is 2.61. The molecule has 2 aromatic heterocycles. The number of rotatable bonds is 3. The SMILES string of the molecule is CN(Cc1csc(C#CCN)c1)C(=O)c1cc(Cl)c[nH]1. The fraction of sp³-hybridized carbons (Fsp3) is 0.214. The van der Waals surface area contributed by atoms with Crippen LogP contribution in [-0.4, -0.2) is 29.4 Å². The highest BCUT2D eigenvalue weighted by atomic mass is 35.5. The molecule has 0 atom stereocenters. The van der Waals surface area contributed by atoms with Crippen LogP contribution in [0.1, 0.15) is 20.9 Å². The topological polar surface area (TPSA) is 62.1 Å². The Labute approximate surface area is 126 Å². The summed E-state index contributed by atoms with van der Waals surface area (Å²) in [6.07, 6.45) is 1.59. The predicted molar refractivity (Wildman–Crippen MR) is 81.9 cm³/mol. The van der Waals surface area contributed by atoms with Crippen molar-refractivity contribution in [2.45, 2.75) is 6.54 Å². The molecule has 0 aliphatic carbocycles. The van der Waals surface area contributed by atoms with Gasteiger partial charge in [-0.2, -0.15) is 0 Å². The number of aromatic nitrogens is 1. The van der Waals surface area contributed by atoms with Gasteiger partial charge in [-0.3, -0.25) is 4.79 Å². The van der Waals surface area contributed by atoms with Crippen molar-refractivity contribution in [3.8, 4) is 11.8 Å². The van der Waals surface area contributed by atoms with E-state index in [0.717, 1.165) is 10.4 Å². The van der Waals surface area contributed by atoms with Crippen molar-refractivity contribution < 1.29 is 4.79 Å². The number of H-pyrrole nitrogens is 1. The van der Waals surface area contributed by atoms with Gasteiger partial charge in [-0.05, 0) is 23.1 Å². The first-order valence-electron chi connectivity index (χ1n) is 5.96. The highest BCUT2D eigenvalue weighted by Gasteiger charge is 2.14. The van der Waals surface area contributed by atoms with Crippen LogP contribution in [0.25, 0.3) is 0 Å². The predicted octanol–water partition coefficient (Wildman–Crippen LogP) is 2.31. The van der Waals surface area contributed by atoms with E-state index >= 15 is 0 Å². The van der Waals surface area contributed by atoms with Gasteiger partial charge in [-0.15, -0.1) is 11.3 Å². The Kier molecular flexibility index (Phi) is 4.85. The van der Waals surface area contributed by atoms with E-state index < -0.39 is 0 Å². The molecular weight excluding hydrogens is 294 g/mol. The third kappa shape index (κ3) is 3.64. The van der Waals surface area contributed by atoms with Gasteiger partial charge in [-0.25, -0.2) is 0 Å². The average Bonchev–Trinajstić information content (AvgIpc) is 3.04. The second-order valence-electron chi connectivity index (χ2n) is 4.22. The maximum absolute atomic E-state index is 12.1. The summed E-state index contributed by atoms with van der Waals surface area (Å²) in [7, 11) is 1.75. The molecule has 3 N–H and O–H groups in total. The lowest BCUT2D eigenvalue weighted by molar-refractivity contribution is 0.0780. The monoisotopic (exact) mass is 307 g/mol. The number of carbonyl (C=O) groups is 1. The number of thiophene rings is 1. The van der Waals surface area contributed by atoms with Crippen molar-refractivity contribution in [1.82, 2.24) is 9.88 Å². The fourth-order valence-corrected chi connectivity index (χ4v) is 2.64. The molecule has 1 amide bonds. The molecule has 0 saturated carbocycles. The summed E-state index contributed by atoms with van der Waals surface area (Å²) < 4.78 is 0. The number of carbonyl (C=O) groups excluding carboxylic acids is 1. The van der Waals surface area contributed by atoms with E-state index in [-0.39, 0.29) is 5.91 Å². The zero-order valence-corrected chi connectivity index (χ0v) is 12.5. The number of amides is 1. The quantitative estimate of drug-likeness (QED) is 0.855. The lowest BCUT2D eigenvalue weighted by Gasteiger charge is -2.15. The summed E-state index contributed by atoms with van der Waals surface area (Å²) in [6, 6.07) is 3.59. The molecule has 0 saturated heterocycles. The lowest BCUT2D eigenvalue weighted by atomic mass is 10.2. The van der Waals surface area contributed by atoms with E-state index in [2.05, 4.69) is 16.8 Å². The van der Waals surface area contributed by atoms with Crippen LogP contribution in [0.15, 0.2) is 23.7 Å². The Morgan fingerprint density at radius 1 is 1.55 bits per heavy atom. The lowest BCUT2D eigenvalue weighted by Crippen LogP contribution is -2.26. The number of nitrogens with two attached hydrogens (primary N) is 1. The summed E-state index contributed by atoms with van der Waals surface area (Å²) in [4.78, 5) is 17.6. The Balaban J connectivity index is 2.02. The molecule has 20 heavy (non-hydrogen) atoms. The number of halogens is 1. The van der Waals surface area contributed by atoms with Crippen LogP contribution in [0.3, 0.4) is 0 Å². The average molecular weight is 308 g/mol. The van der Waals surface area contributed by atoms with Crippen molar-refractivity contribution >= 4 is 28.8 Å². The van der Waals surface area contributed by atoms with Gasteiger partial charge in [0, 0.05) is 19.8 Å². The van der Waals surface area contributed by atoms with E-state index in [1.165, 1.54) is 0 Å². The van der Waals surface area contributed by atoms with Gasteiger partial charge >= 0.3 is 0 Å². The minimum Gasteiger partial charge on any atom is -0.356 e. The zero-order chi connectivity index (χ0) is 14.5. The van der Waals surface area contributed by atoms with Crippen LogP contribution in [0.5, 0.6) is 0 Å². The van der Waals surface area contributed by atoms with Crippen molar-refractivity contribution in [3.63, 3.8) is 0 Å². The van der Waals surface area contributed by atoms with Gasteiger partial charge in [0.05, 0.1) is 16.4 Å². The summed E-state index contributed by atoms with van der Waals surface area (Å²) in [5.74, 6) is 5.69. The molecule has 4 nitrogen and oxygen atoms in total. The molecule has 2 rings (SSSR count). The standard InChI is InChI=1S/C14H14ClN3OS/c1-18(14(19)13-6-11(15)7-17-13)8-10-5-12(20-9-10)3-2-4-16/h5-7,9,17H,4,8,16H2,1H3. The second-order valence-corrected chi connectivity index (χ2v) is 5.57. The molecule has 0 radical (unpaired) electrons. The highest BCUT2D eigenvalue weighted by Crippen LogP contribution is 2.17. The zero-order valence-electron chi connectivity index (χ0n) is 10.9. The van der Waals surface area contributed by atoms with Crippen molar-refractivity contribution in [3.05, 3.63) is 44.9 Å². The van der Waals surface area contributed by atoms with E-state index in [4.69, 9.17) is 17.3 Å². The number of hydrogen-bond acceptors (Lipinski definition) is 3. The number of nitrogens with zero attached hydrogens (tertiary/aromatic N) is 1. The van der Waals surface area contributed by atoms with Gasteiger partial charge < -0.3 is 15.6 Å². The Morgan fingerprint density at radius 3 is 3.00 bits per heavy atom. The van der Waals surface area contributed by atoms with E-state index in [1.807, 2.05) is 11.4 Å². The normalized spacial score (nSPS) is 9.95. The van der Waals surface area contributed by atoms with Gasteiger partial charge in [0.1, 0.15) is 5.69 Å². The maximum atomic E-state index is 12.1. The molecule has 2 aromatic rings. The van der Waals surface area contributed by atoms with Gasteiger partial charge in [0.25, 0.3) is 5.91 Å². The molecule has 0 aliphatic rings. The fourth-order valence-electron chi connectivity index (χ4n) is 1.70. The Morgan fingerprint density at radius 2 is 2.35 bits per heavy atom. The van der Waals surface area contributed by atoms with Crippen LogP contribution >= 0.6 is 22.9 Å². The summed E-state index contributed by atoms with van der Waals surface area (Å²) in [5.41, 5.74) is 6.86. The first kappa shape index (κ1) is 14.7. The van der Waals surface area contributed by atoms with Crippen molar-refractivity contribution in [2.24, 2.45) is 5.73 Å². The van der Waals surface area contributed by atoms with Crippen molar-refractivity contribution in [1.29, 1.82) is 0 Å². The first-order chi connectivity index (χ1) is 9.60. The molecule has 0 fully saturated rings. The molecule has 104 valence electrons.